The second-order valence-electron chi connectivity index (χ2n) is 6.02. The number of carbonyl (C=O) groups excluding carboxylic acids is 1. The number of aromatic nitrogens is 2. The van der Waals surface area contributed by atoms with Gasteiger partial charge in [-0.25, -0.2) is 8.42 Å². The minimum absolute atomic E-state index is 0.0209. The van der Waals surface area contributed by atoms with Crippen LogP contribution in [0.5, 0.6) is 5.75 Å². The van der Waals surface area contributed by atoms with Crippen LogP contribution in [-0.4, -0.2) is 37.4 Å². The Labute approximate surface area is 189 Å². The average molecular weight is 505 g/mol. The van der Waals surface area contributed by atoms with Crippen LogP contribution >= 0.6 is 23.1 Å². The summed E-state index contributed by atoms with van der Waals surface area (Å²) < 4.78 is 70.6. The van der Waals surface area contributed by atoms with Crippen molar-refractivity contribution in [1.82, 2.24) is 10.2 Å². The fraction of sp³-hybridized carbons (Fsp3) is 0.167. The van der Waals surface area contributed by atoms with Crippen LogP contribution in [0.2, 0.25) is 0 Å². The number of benzene rings is 2. The second kappa shape index (κ2) is 9.75. The summed E-state index contributed by atoms with van der Waals surface area (Å²) in [6.07, 6.45) is -4.64. The first-order chi connectivity index (χ1) is 15.1. The summed E-state index contributed by atoms with van der Waals surface area (Å²) in [7, 11) is -2.44. The molecule has 1 amide bonds. The summed E-state index contributed by atoms with van der Waals surface area (Å²) in [5.74, 6) is -0.307. The third kappa shape index (κ3) is 6.11. The number of hydrogen-bond acceptors (Lipinski definition) is 8. The molecule has 32 heavy (non-hydrogen) atoms. The Morgan fingerprint density at radius 3 is 2.44 bits per heavy atom. The first kappa shape index (κ1) is 23.8. The quantitative estimate of drug-likeness (QED) is 0.445. The molecule has 170 valence electrons. The number of sulfonamides is 1. The summed E-state index contributed by atoms with van der Waals surface area (Å²) in [6, 6.07) is 12.2. The van der Waals surface area contributed by atoms with Gasteiger partial charge in [0.25, 0.3) is 10.0 Å². The maximum Gasteiger partial charge on any atom is 0.445 e. The largest absolute Gasteiger partial charge is 0.497 e. The van der Waals surface area contributed by atoms with Crippen LogP contribution in [0.3, 0.4) is 0 Å². The highest BCUT2D eigenvalue weighted by Crippen LogP contribution is 2.33. The highest BCUT2D eigenvalue weighted by Gasteiger charge is 2.35. The number of nitrogens with zero attached hydrogens (tertiary/aromatic N) is 2. The van der Waals surface area contributed by atoms with E-state index in [1.807, 2.05) is 0 Å². The highest BCUT2D eigenvalue weighted by molar-refractivity contribution is 8.00. The minimum atomic E-state index is -4.64. The van der Waals surface area contributed by atoms with Gasteiger partial charge in [-0.15, -0.1) is 22.0 Å². The molecule has 0 fully saturated rings. The van der Waals surface area contributed by atoms with Gasteiger partial charge in [-0.2, -0.15) is 13.2 Å². The lowest BCUT2D eigenvalue weighted by molar-refractivity contribution is -0.138. The molecule has 0 saturated heterocycles. The maximum atomic E-state index is 12.7. The Bertz CT molecular complexity index is 1200. The number of halogens is 3. The van der Waals surface area contributed by atoms with E-state index in [0.717, 1.165) is 11.8 Å². The summed E-state index contributed by atoms with van der Waals surface area (Å²) in [5.41, 5.74) is 0.247. The molecule has 0 spiro atoms. The highest BCUT2D eigenvalue weighted by atomic mass is 32.2. The lowest BCUT2D eigenvalue weighted by atomic mass is 10.3. The molecule has 2 aromatic carbocycles. The normalized spacial score (nSPS) is 11.8. The van der Waals surface area contributed by atoms with Crippen molar-refractivity contribution in [3.8, 4) is 5.75 Å². The van der Waals surface area contributed by atoms with Gasteiger partial charge >= 0.3 is 6.18 Å². The van der Waals surface area contributed by atoms with Crippen LogP contribution < -0.4 is 14.8 Å². The minimum Gasteiger partial charge on any atom is -0.497 e. The van der Waals surface area contributed by atoms with Gasteiger partial charge < -0.3 is 4.74 Å². The van der Waals surface area contributed by atoms with E-state index in [1.165, 1.54) is 37.4 Å². The van der Waals surface area contributed by atoms with Gasteiger partial charge in [-0.3, -0.25) is 14.8 Å². The van der Waals surface area contributed by atoms with Crippen LogP contribution in [0.15, 0.2) is 58.3 Å². The number of nitrogens with one attached hydrogen (secondary N) is 2. The molecule has 0 aliphatic heterocycles. The van der Waals surface area contributed by atoms with Crippen LogP contribution in [0.25, 0.3) is 0 Å². The van der Waals surface area contributed by atoms with E-state index in [-0.39, 0.29) is 32.8 Å². The van der Waals surface area contributed by atoms with Crippen LogP contribution in [0.1, 0.15) is 5.01 Å². The second-order valence-corrected chi connectivity index (χ2v) is 9.70. The van der Waals surface area contributed by atoms with Gasteiger partial charge in [0.2, 0.25) is 16.0 Å². The van der Waals surface area contributed by atoms with Gasteiger partial charge in [-0.1, -0.05) is 23.5 Å². The summed E-state index contributed by atoms with van der Waals surface area (Å²) in [4.78, 5) is 12.6. The third-order valence-corrected chi connectivity index (χ3v) is 7.11. The Morgan fingerprint density at radius 1 is 1.12 bits per heavy atom. The van der Waals surface area contributed by atoms with Crippen molar-refractivity contribution in [2.45, 2.75) is 16.0 Å². The summed E-state index contributed by atoms with van der Waals surface area (Å²) in [5, 5.41) is 7.08. The number of rotatable bonds is 8. The molecule has 14 heteroatoms. The Hall–Kier alpha value is -2.84. The SMILES string of the molecule is COc1ccc(S(=O)(=O)Nc2ccccc2SCC(=O)Nc2nnc(C(F)(F)F)s2)cc1. The maximum absolute atomic E-state index is 12.7. The molecule has 0 unspecified atom stereocenters. The fourth-order valence-electron chi connectivity index (χ4n) is 2.32. The van der Waals surface area contributed by atoms with Crippen molar-refractivity contribution in [2.24, 2.45) is 0 Å². The summed E-state index contributed by atoms with van der Waals surface area (Å²) >= 11 is 1.22. The molecule has 1 aromatic heterocycles. The zero-order valence-electron chi connectivity index (χ0n) is 16.2. The van der Waals surface area contributed by atoms with Crippen molar-refractivity contribution in [3.05, 3.63) is 53.5 Å². The number of amides is 1. The Morgan fingerprint density at radius 2 is 1.81 bits per heavy atom. The van der Waals surface area contributed by atoms with Gasteiger partial charge in [0.15, 0.2) is 0 Å². The van der Waals surface area contributed by atoms with E-state index in [2.05, 4.69) is 20.2 Å². The first-order valence-electron chi connectivity index (χ1n) is 8.68. The Kier molecular flexibility index (Phi) is 7.26. The predicted molar refractivity (Wildman–Crippen MR) is 115 cm³/mol. The molecule has 3 rings (SSSR count). The van der Waals surface area contributed by atoms with Gasteiger partial charge in [0, 0.05) is 4.90 Å². The molecule has 0 bridgehead atoms. The number of ether oxygens (including phenoxy) is 1. The van der Waals surface area contributed by atoms with Crippen LogP contribution in [0, 0.1) is 0 Å². The fourth-order valence-corrected chi connectivity index (χ4v) is 4.90. The zero-order valence-corrected chi connectivity index (χ0v) is 18.7. The topological polar surface area (TPSA) is 110 Å². The molecule has 0 radical (unpaired) electrons. The van der Waals surface area contributed by atoms with E-state index in [0.29, 0.717) is 10.6 Å². The van der Waals surface area contributed by atoms with E-state index in [4.69, 9.17) is 4.74 Å². The van der Waals surface area contributed by atoms with Crippen molar-refractivity contribution in [2.75, 3.05) is 22.9 Å². The van der Waals surface area contributed by atoms with Gasteiger partial charge in [-0.05, 0) is 36.4 Å². The number of thioether (sulfide) groups is 1. The smallest absolute Gasteiger partial charge is 0.445 e. The van der Waals surface area contributed by atoms with E-state index in [9.17, 15) is 26.4 Å². The number of alkyl halides is 3. The molecular formula is C18H15F3N4O4S3. The predicted octanol–water partition coefficient (Wildman–Crippen LogP) is 4.10. The lowest BCUT2D eigenvalue weighted by Gasteiger charge is -2.12. The van der Waals surface area contributed by atoms with Gasteiger partial charge in [0.1, 0.15) is 5.75 Å². The molecule has 8 nitrogen and oxygen atoms in total. The molecule has 0 aliphatic rings. The number of anilines is 2. The zero-order chi connectivity index (χ0) is 23.4. The number of carbonyl (C=O) groups is 1. The van der Waals surface area contributed by atoms with Crippen molar-refractivity contribution in [3.63, 3.8) is 0 Å². The average Bonchev–Trinajstić information content (AvgIpc) is 3.22. The van der Waals surface area contributed by atoms with Crippen molar-refractivity contribution < 1.29 is 31.1 Å². The van der Waals surface area contributed by atoms with E-state index >= 15 is 0 Å². The molecule has 0 aliphatic carbocycles. The van der Waals surface area contributed by atoms with E-state index < -0.39 is 27.1 Å². The van der Waals surface area contributed by atoms with E-state index in [1.54, 1.807) is 18.2 Å². The number of methoxy groups -OCH3 is 1. The molecule has 0 saturated carbocycles. The van der Waals surface area contributed by atoms with Crippen molar-refractivity contribution >= 4 is 49.8 Å². The van der Waals surface area contributed by atoms with Crippen LogP contribution in [-0.2, 0) is 21.0 Å². The molecule has 2 N–H and O–H groups in total. The summed E-state index contributed by atoms with van der Waals surface area (Å²) in [6.45, 7) is 0. The van der Waals surface area contributed by atoms with Crippen LogP contribution in [0.4, 0.5) is 24.0 Å². The molecule has 1 heterocycles. The third-order valence-electron chi connectivity index (χ3n) is 3.77. The van der Waals surface area contributed by atoms with Crippen molar-refractivity contribution in [1.29, 1.82) is 0 Å². The number of para-hydroxylation sites is 1. The monoisotopic (exact) mass is 504 g/mol. The van der Waals surface area contributed by atoms with Gasteiger partial charge in [0.05, 0.1) is 23.4 Å². The molecule has 3 aromatic rings. The molecular weight excluding hydrogens is 489 g/mol. The Balaban J connectivity index is 1.66. The lowest BCUT2D eigenvalue weighted by Crippen LogP contribution is -2.15. The standard InChI is InChI=1S/C18H15F3N4O4S3/c1-29-11-6-8-12(9-7-11)32(27,28)25-13-4-2-3-5-14(13)30-10-15(26)22-17-24-23-16(31-17)18(19,20)21/h2-9,25H,10H2,1H3,(H,22,24,26). The first-order valence-corrected chi connectivity index (χ1v) is 12.0. The number of hydrogen-bond donors (Lipinski definition) is 2. The molecule has 0 atom stereocenters.